The Morgan fingerprint density at radius 2 is 2.24 bits per heavy atom. The Kier molecular flexibility index (Phi) is 3.81. The molecule has 3 nitrogen and oxygen atoms in total. The van der Waals surface area contributed by atoms with E-state index in [1.165, 1.54) is 18.3 Å². The van der Waals surface area contributed by atoms with E-state index in [1.807, 2.05) is 6.07 Å². The van der Waals surface area contributed by atoms with Gasteiger partial charge in [-0.25, -0.2) is 4.39 Å². The van der Waals surface area contributed by atoms with E-state index in [4.69, 9.17) is 0 Å². The standard InChI is InChI=1S/C12H10BrFN2O/c13-9-4-8(6-15-7-9)5-11(17)12-10(14)2-1-3-16-12/h1-4,6-7,11,17H,5H2. The fourth-order valence-electron chi connectivity index (χ4n) is 1.53. The molecule has 0 aliphatic rings. The van der Waals surface area contributed by atoms with Crippen molar-refractivity contribution in [2.45, 2.75) is 12.5 Å². The van der Waals surface area contributed by atoms with E-state index in [1.54, 1.807) is 12.4 Å². The average molecular weight is 297 g/mol. The predicted molar refractivity (Wildman–Crippen MR) is 64.8 cm³/mol. The maximum absolute atomic E-state index is 13.4. The van der Waals surface area contributed by atoms with Gasteiger partial charge in [0.05, 0.1) is 0 Å². The lowest BCUT2D eigenvalue weighted by atomic mass is 10.1. The van der Waals surface area contributed by atoms with E-state index < -0.39 is 11.9 Å². The van der Waals surface area contributed by atoms with Crippen molar-refractivity contribution in [3.63, 3.8) is 0 Å². The molecule has 2 aromatic heterocycles. The minimum absolute atomic E-state index is 0.0625. The van der Waals surface area contributed by atoms with Crippen LogP contribution in [0.15, 0.2) is 41.3 Å². The molecule has 17 heavy (non-hydrogen) atoms. The van der Waals surface area contributed by atoms with Gasteiger partial charge in [0.2, 0.25) is 0 Å². The van der Waals surface area contributed by atoms with Crippen molar-refractivity contribution in [3.8, 4) is 0 Å². The first-order chi connectivity index (χ1) is 8.16. The summed E-state index contributed by atoms with van der Waals surface area (Å²) in [7, 11) is 0. The molecule has 1 N–H and O–H groups in total. The minimum Gasteiger partial charge on any atom is -0.386 e. The Morgan fingerprint density at radius 1 is 1.41 bits per heavy atom. The zero-order chi connectivity index (χ0) is 12.3. The number of halogens is 2. The maximum Gasteiger partial charge on any atom is 0.147 e. The molecule has 0 fully saturated rings. The second kappa shape index (κ2) is 5.33. The number of pyridine rings is 2. The van der Waals surface area contributed by atoms with Crippen molar-refractivity contribution >= 4 is 15.9 Å². The summed E-state index contributed by atoms with van der Waals surface area (Å²) in [5.41, 5.74) is 0.879. The Labute approximate surface area is 106 Å². The quantitative estimate of drug-likeness (QED) is 0.947. The molecule has 5 heteroatoms. The highest BCUT2D eigenvalue weighted by molar-refractivity contribution is 9.10. The van der Waals surface area contributed by atoms with Crippen molar-refractivity contribution in [2.24, 2.45) is 0 Å². The highest BCUT2D eigenvalue weighted by Gasteiger charge is 2.14. The van der Waals surface area contributed by atoms with Crippen LogP contribution < -0.4 is 0 Å². The van der Waals surface area contributed by atoms with Crippen LogP contribution in [0.5, 0.6) is 0 Å². The Hall–Kier alpha value is -1.33. The van der Waals surface area contributed by atoms with Gasteiger partial charge in [-0.15, -0.1) is 0 Å². The van der Waals surface area contributed by atoms with Crippen LogP contribution in [0.1, 0.15) is 17.4 Å². The second-order valence-electron chi connectivity index (χ2n) is 3.60. The van der Waals surface area contributed by atoms with Gasteiger partial charge >= 0.3 is 0 Å². The van der Waals surface area contributed by atoms with Crippen molar-refractivity contribution in [1.82, 2.24) is 9.97 Å². The van der Waals surface area contributed by atoms with Crippen LogP contribution in [0.3, 0.4) is 0 Å². The van der Waals surface area contributed by atoms with Gasteiger partial charge in [-0.3, -0.25) is 9.97 Å². The monoisotopic (exact) mass is 296 g/mol. The van der Waals surface area contributed by atoms with E-state index in [-0.39, 0.29) is 12.1 Å². The lowest BCUT2D eigenvalue weighted by molar-refractivity contribution is 0.168. The SMILES string of the molecule is OC(Cc1cncc(Br)c1)c1ncccc1F. The summed E-state index contributed by atoms with van der Waals surface area (Å²) >= 11 is 3.29. The van der Waals surface area contributed by atoms with Crippen LogP contribution in [0, 0.1) is 5.82 Å². The molecule has 0 saturated carbocycles. The molecule has 2 rings (SSSR count). The third kappa shape index (κ3) is 3.08. The Bertz CT molecular complexity index is 521. The van der Waals surface area contributed by atoms with E-state index >= 15 is 0 Å². The molecule has 0 saturated heterocycles. The number of rotatable bonds is 3. The predicted octanol–water partition coefficient (Wildman–Crippen LogP) is 2.65. The second-order valence-corrected chi connectivity index (χ2v) is 4.52. The smallest absolute Gasteiger partial charge is 0.147 e. The average Bonchev–Trinajstić information content (AvgIpc) is 2.29. The number of aliphatic hydroxyl groups excluding tert-OH is 1. The molecule has 2 aromatic rings. The Morgan fingerprint density at radius 3 is 2.94 bits per heavy atom. The maximum atomic E-state index is 13.4. The largest absolute Gasteiger partial charge is 0.386 e. The van der Waals surface area contributed by atoms with Crippen molar-refractivity contribution in [2.75, 3.05) is 0 Å². The van der Waals surface area contributed by atoms with E-state index in [0.717, 1.165) is 10.0 Å². The van der Waals surface area contributed by atoms with Gasteiger partial charge in [-0.2, -0.15) is 0 Å². The first-order valence-electron chi connectivity index (χ1n) is 5.04. The number of aromatic nitrogens is 2. The molecule has 88 valence electrons. The van der Waals surface area contributed by atoms with Gasteiger partial charge in [0.1, 0.15) is 17.6 Å². The molecule has 0 aliphatic carbocycles. The topological polar surface area (TPSA) is 46.0 Å². The summed E-state index contributed by atoms with van der Waals surface area (Å²) in [6.07, 6.45) is 4.06. The van der Waals surface area contributed by atoms with Gasteiger partial charge in [-0.1, -0.05) is 0 Å². The fourth-order valence-corrected chi connectivity index (χ4v) is 1.94. The van der Waals surface area contributed by atoms with Crippen LogP contribution in [-0.2, 0) is 6.42 Å². The van der Waals surface area contributed by atoms with Crippen LogP contribution in [-0.4, -0.2) is 15.1 Å². The molecule has 0 radical (unpaired) electrons. The van der Waals surface area contributed by atoms with Gasteiger partial charge in [0, 0.05) is 29.5 Å². The number of nitrogens with zero attached hydrogens (tertiary/aromatic N) is 2. The van der Waals surface area contributed by atoms with E-state index in [0.29, 0.717) is 0 Å². The highest BCUT2D eigenvalue weighted by atomic mass is 79.9. The first-order valence-corrected chi connectivity index (χ1v) is 5.84. The van der Waals surface area contributed by atoms with Gasteiger partial charge in [0.15, 0.2) is 0 Å². The van der Waals surface area contributed by atoms with Crippen LogP contribution >= 0.6 is 15.9 Å². The molecule has 0 aliphatic heterocycles. The summed E-state index contributed by atoms with van der Waals surface area (Å²) in [5.74, 6) is -0.497. The van der Waals surface area contributed by atoms with E-state index in [9.17, 15) is 9.50 Å². The molecule has 0 bridgehead atoms. The van der Waals surface area contributed by atoms with Crippen LogP contribution in [0.4, 0.5) is 4.39 Å². The fraction of sp³-hybridized carbons (Fsp3) is 0.167. The zero-order valence-electron chi connectivity index (χ0n) is 8.85. The summed E-state index contributed by atoms with van der Waals surface area (Å²) in [5, 5.41) is 9.90. The van der Waals surface area contributed by atoms with E-state index in [2.05, 4.69) is 25.9 Å². The zero-order valence-corrected chi connectivity index (χ0v) is 10.4. The minimum atomic E-state index is -0.965. The molecule has 0 amide bonds. The summed E-state index contributed by atoms with van der Waals surface area (Å²) in [4.78, 5) is 7.82. The summed E-state index contributed by atoms with van der Waals surface area (Å²) in [6.45, 7) is 0. The number of hydrogen-bond donors (Lipinski definition) is 1. The molecule has 0 aromatic carbocycles. The van der Waals surface area contributed by atoms with Gasteiger partial charge in [-0.05, 0) is 39.7 Å². The lowest BCUT2D eigenvalue weighted by Gasteiger charge is -2.10. The van der Waals surface area contributed by atoms with Crippen molar-refractivity contribution < 1.29 is 9.50 Å². The normalized spacial score (nSPS) is 12.4. The van der Waals surface area contributed by atoms with Crippen LogP contribution in [0.25, 0.3) is 0 Å². The highest BCUT2D eigenvalue weighted by Crippen LogP contribution is 2.20. The van der Waals surface area contributed by atoms with Crippen molar-refractivity contribution in [1.29, 1.82) is 0 Å². The third-order valence-corrected chi connectivity index (χ3v) is 2.73. The molecule has 1 unspecified atom stereocenters. The summed E-state index contributed by atoms with van der Waals surface area (Å²) < 4.78 is 14.2. The van der Waals surface area contributed by atoms with Crippen LogP contribution in [0.2, 0.25) is 0 Å². The Balaban J connectivity index is 2.17. The first kappa shape index (κ1) is 12.1. The lowest BCUT2D eigenvalue weighted by Crippen LogP contribution is -2.06. The van der Waals surface area contributed by atoms with Crippen molar-refractivity contribution in [3.05, 3.63) is 58.3 Å². The number of hydrogen-bond acceptors (Lipinski definition) is 3. The molecular formula is C12H10BrFN2O. The molecule has 0 spiro atoms. The van der Waals surface area contributed by atoms with Gasteiger partial charge < -0.3 is 5.11 Å². The third-order valence-electron chi connectivity index (χ3n) is 2.29. The van der Waals surface area contributed by atoms with Gasteiger partial charge in [0.25, 0.3) is 0 Å². The number of aliphatic hydroxyl groups is 1. The molecular weight excluding hydrogens is 287 g/mol. The summed E-state index contributed by atoms with van der Waals surface area (Å²) in [6, 6.07) is 4.61. The molecule has 2 heterocycles. The molecule has 1 atom stereocenters.